The topological polar surface area (TPSA) is 60.9 Å². The summed E-state index contributed by atoms with van der Waals surface area (Å²) < 4.78 is 2.02. The lowest BCUT2D eigenvalue weighted by Crippen LogP contribution is -2.25. The van der Waals surface area contributed by atoms with E-state index in [4.69, 9.17) is 5.73 Å². The highest BCUT2D eigenvalue weighted by Gasteiger charge is 2.24. The lowest BCUT2D eigenvalue weighted by Gasteiger charge is -2.14. The van der Waals surface area contributed by atoms with E-state index in [0.717, 1.165) is 25.7 Å². The van der Waals surface area contributed by atoms with Crippen LogP contribution in [0.1, 0.15) is 44.0 Å². The highest BCUT2D eigenvalue weighted by Crippen LogP contribution is 2.26. The van der Waals surface area contributed by atoms with Gasteiger partial charge in [-0.05, 0) is 38.7 Å². The Kier molecular flexibility index (Phi) is 2.99. The second-order valence-electron chi connectivity index (χ2n) is 4.85. The molecule has 0 aromatic carbocycles. The Morgan fingerprint density at radius 1 is 1.62 bits per heavy atom. The number of nitrogens with two attached hydrogens (primary N) is 1. The Labute approximate surface area is 95.8 Å². The van der Waals surface area contributed by atoms with E-state index in [-0.39, 0.29) is 11.8 Å². The van der Waals surface area contributed by atoms with Crippen molar-refractivity contribution in [1.29, 1.82) is 0 Å². The molecule has 0 saturated carbocycles. The van der Waals surface area contributed by atoms with Crippen LogP contribution in [0.3, 0.4) is 0 Å². The van der Waals surface area contributed by atoms with Gasteiger partial charge < -0.3 is 5.73 Å². The number of amides is 1. The average Bonchev–Trinajstić information content (AvgIpc) is 2.48. The van der Waals surface area contributed by atoms with Gasteiger partial charge in [-0.25, -0.2) is 0 Å². The Bertz CT molecular complexity index is 395. The van der Waals surface area contributed by atoms with Gasteiger partial charge in [0.05, 0.1) is 6.20 Å². The van der Waals surface area contributed by atoms with Gasteiger partial charge in [-0.1, -0.05) is 0 Å². The van der Waals surface area contributed by atoms with Gasteiger partial charge in [0.2, 0.25) is 5.91 Å². The smallest absolute Gasteiger partial charge is 0.220 e. The molecule has 2 rings (SSSR count). The zero-order valence-electron chi connectivity index (χ0n) is 9.94. The van der Waals surface area contributed by atoms with E-state index in [2.05, 4.69) is 18.9 Å². The number of aryl methyl sites for hydroxylation is 1. The quantitative estimate of drug-likeness (QED) is 0.768. The molecule has 1 atom stereocenters. The molecule has 0 aliphatic heterocycles. The first-order valence-electron chi connectivity index (χ1n) is 5.94. The molecule has 0 saturated heterocycles. The zero-order valence-corrected chi connectivity index (χ0v) is 9.94. The number of primary amides is 1. The number of hydrogen-bond donors (Lipinski definition) is 1. The number of fused-ring (bicyclic) bond motifs is 1. The van der Waals surface area contributed by atoms with Crippen molar-refractivity contribution in [2.24, 2.45) is 11.7 Å². The van der Waals surface area contributed by atoms with Crippen molar-refractivity contribution in [2.45, 2.75) is 45.6 Å². The second kappa shape index (κ2) is 4.28. The molecule has 88 valence electrons. The van der Waals surface area contributed by atoms with Gasteiger partial charge in [0, 0.05) is 24.1 Å². The minimum Gasteiger partial charge on any atom is -0.369 e. The van der Waals surface area contributed by atoms with E-state index in [0.29, 0.717) is 6.04 Å². The third-order valence-corrected chi connectivity index (χ3v) is 3.32. The lowest BCUT2D eigenvalue weighted by molar-refractivity contribution is -0.122. The Hall–Kier alpha value is -1.32. The minimum absolute atomic E-state index is 0.0181. The summed E-state index contributed by atoms with van der Waals surface area (Å²) in [6.07, 6.45) is 5.65. The third kappa shape index (κ3) is 1.96. The van der Waals surface area contributed by atoms with Crippen LogP contribution >= 0.6 is 0 Å². The van der Waals surface area contributed by atoms with Crippen LogP contribution in [0.15, 0.2) is 6.20 Å². The number of hydrogen-bond acceptors (Lipinski definition) is 2. The van der Waals surface area contributed by atoms with Gasteiger partial charge in [-0.2, -0.15) is 5.10 Å². The molecule has 0 radical (unpaired) electrons. The van der Waals surface area contributed by atoms with E-state index in [1.165, 1.54) is 11.3 Å². The van der Waals surface area contributed by atoms with E-state index in [1.54, 1.807) is 0 Å². The molecule has 1 aliphatic rings. The summed E-state index contributed by atoms with van der Waals surface area (Å²) >= 11 is 0. The molecule has 4 heteroatoms. The summed E-state index contributed by atoms with van der Waals surface area (Å²) in [6, 6.07) is 0.343. The highest BCUT2D eigenvalue weighted by atomic mass is 16.1. The molecule has 0 unspecified atom stereocenters. The fraction of sp³-hybridized carbons (Fsp3) is 0.667. The first kappa shape index (κ1) is 11.2. The first-order chi connectivity index (χ1) is 7.59. The van der Waals surface area contributed by atoms with E-state index < -0.39 is 0 Å². The molecule has 1 aromatic heterocycles. The zero-order chi connectivity index (χ0) is 11.7. The van der Waals surface area contributed by atoms with Crippen molar-refractivity contribution in [2.75, 3.05) is 0 Å². The van der Waals surface area contributed by atoms with Crippen molar-refractivity contribution in [1.82, 2.24) is 9.78 Å². The Balaban J connectivity index is 2.32. The van der Waals surface area contributed by atoms with Crippen LogP contribution in [0, 0.1) is 5.92 Å². The molecule has 0 fully saturated rings. The predicted octanol–water partition coefficient (Wildman–Crippen LogP) is 1.44. The predicted molar refractivity (Wildman–Crippen MR) is 61.9 cm³/mol. The van der Waals surface area contributed by atoms with Crippen molar-refractivity contribution < 1.29 is 4.79 Å². The minimum atomic E-state index is -0.177. The fourth-order valence-corrected chi connectivity index (χ4v) is 2.42. The Morgan fingerprint density at radius 2 is 2.38 bits per heavy atom. The Morgan fingerprint density at radius 3 is 3.00 bits per heavy atom. The molecule has 0 bridgehead atoms. The molecule has 2 N–H and O–H groups in total. The lowest BCUT2D eigenvalue weighted by atomic mass is 9.99. The largest absolute Gasteiger partial charge is 0.369 e. The maximum Gasteiger partial charge on any atom is 0.220 e. The summed E-state index contributed by atoms with van der Waals surface area (Å²) in [4.78, 5) is 11.3. The van der Waals surface area contributed by atoms with Crippen molar-refractivity contribution in [3.63, 3.8) is 0 Å². The van der Waals surface area contributed by atoms with E-state index >= 15 is 0 Å². The van der Waals surface area contributed by atoms with E-state index in [1.807, 2.05) is 10.9 Å². The molecule has 16 heavy (non-hydrogen) atoms. The van der Waals surface area contributed by atoms with Crippen molar-refractivity contribution >= 4 is 5.91 Å². The number of nitrogens with zero attached hydrogens (tertiary/aromatic N) is 2. The van der Waals surface area contributed by atoms with Crippen LogP contribution in [0.25, 0.3) is 0 Å². The normalized spacial score (nSPS) is 20.6. The summed E-state index contributed by atoms with van der Waals surface area (Å²) in [5.41, 5.74) is 7.91. The van der Waals surface area contributed by atoms with Gasteiger partial charge in [0.1, 0.15) is 0 Å². The SMILES string of the molecule is CC(C)n1ncc2c1C[C@@H](C(N)=O)CCC2. The number of rotatable bonds is 2. The van der Waals surface area contributed by atoms with E-state index in [9.17, 15) is 4.79 Å². The van der Waals surface area contributed by atoms with Crippen LogP contribution in [0.4, 0.5) is 0 Å². The van der Waals surface area contributed by atoms with Gasteiger partial charge in [0.15, 0.2) is 0 Å². The summed E-state index contributed by atoms with van der Waals surface area (Å²) in [5.74, 6) is -0.195. The van der Waals surface area contributed by atoms with Crippen LogP contribution in [-0.4, -0.2) is 15.7 Å². The molecular weight excluding hydrogens is 202 g/mol. The highest BCUT2D eigenvalue weighted by molar-refractivity contribution is 5.77. The monoisotopic (exact) mass is 221 g/mol. The maximum absolute atomic E-state index is 11.3. The van der Waals surface area contributed by atoms with Crippen LogP contribution in [-0.2, 0) is 17.6 Å². The van der Waals surface area contributed by atoms with Crippen LogP contribution in [0.5, 0.6) is 0 Å². The van der Waals surface area contributed by atoms with Gasteiger partial charge in [-0.15, -0.1) is 0 Å². The molecule has 1 amide bonds. The van der Waals surface area contributed by atoms with Crippen LogP contribution in [0.2, 0.25) is 0 Å². The van der Waals surface area contributed by atoms with Gasteiger partial charge in [-0.3, -0.25) is 9.48 Å². The average molecular weight is 221 g/mol. The first-order valence-corrected chi connectivity index (χ1v) is 5.94. The van der Waals surface area contributed by atoms with Crippen molar-refractivity contribution in [3.8, 4) is 0 Å². The molecule has 1 aromatic rings. The van der Waals surface area contributed by atoms with Crippen molar-refractivity contribution in [3.05, 3.63) is 17.5 Å². The number of carbonyl (C=O) groups excluding carboxylic acids is 1. The molecular formula is C12H19N3O. The van der Waals surface area contributed by atoms with Gasteiger partial charge in [0.25, 0.3) is 0 Å². The molecule has 1 aliphatic carbocycles. The molecule has 1 heterocycles. The summed E-state index contributed by atoms with van der Waals surface area (Å²) in [7, 11) is 0. The third-order valence-electron chi connectivity index (χ3n) is 3.32. The standard InChI is InChI=1S/C12H19N3O/c1-8(2)15-11-6-9(12(13)16)4-3-5-10(11)7-14-15/h7-9H,3-6H2,1-2H3,(H2,13,16)/t9-/m0/s1. The fourth-order valence-electron chi connectivity index (χ4n) is 2.42. The van der Waals surface area contributed by atoms with Crippen LogP contribution < -0.4 is 5.73 Å². The maximum atomic E-state index is 11.3. The summed E-state index contributed by atoms with van der Waals surface area (Å²) in [5, 5.41) is 4.40. The number of carbonyl (C=O) groups is 1. The second-order valence-corrected chi connectivity index (χ2v) is 4.85. The number of aromatic nitrogens is 2. The molecule has 4 nitrogen and oxygen atoms in total. The van der Waals surface area contributed by atoms with Gasteiger partial charge >= 0.3 is 0 Å². The molecule has 0 spiro atoms. The summed E-state index contributed by atoms with van der Waals surface area (Å²) in [6.45, 7) is 4.22.